The fraction of sp³-hybridized carbons (Fsp3) is 0.240. The van der Waals surface area contributed by atoms with Crippen LogP contribution in [-0.4, -0.2) is 24.5 Å². The summed E-state index contributed by atoms with van der Waals surface area (Å²) in [4.78, 5) is 25.2. The Balaban J connectivity index is 1.47. The molecule has 3 amide bonds. The van der Waals surface area contributed by atoms with Crippen LogP contribution in [0, 0.1) is 11.3 Å². The van der Waals surface area contributed by atoms with Gasteiger partial charge in [0.25, 0.3) is 0 Å². The van der Waals surface area contributed by atoms with E-state index in [0.29, 0.717) is 12.1 Å². The zero-order valence-corrected chi connectivity index (χ0v) is 17.2. The van der Waals surface area contributed by atoms with E-state index in [2.05, 4.69) is 16.0 Å². The largest absolute Gasteiger partial charge is 0.341 e. The molecule has 0 radical (unpaired) electrons. The quantitative estimate of drug-likeness (QED) is 0.539. The third-order valence-corrected chi connectivity index (χ3v) is 5.57. The van der Waals surface area contributed by atoms with Crippen molar-refractivity contribution in [3.63, 3.8) is 0 Å². The number of urea groups is 1. The Morgan fingerprint density at radius 3 is 2.61 bits per heavy atom. The van der Waals surface area contributed by atoms with E-state index in [1.165, 1.54) is 11.1 Å². The van der Waals surface area contributed by atoms with Crippen LogP contribution in [0.5, 0.6) is 0 Å². The van der Waals surface area contributed by atoms with Gasteiger partial charge < -0.3 is 16.0 Å². The zero-order chi connectivity index (χ0) is 21.6. The second-order valence-corrected chi connectivity index (χ2v) is 7.75. The molecule has 6 heteroatoms. The average Bonchev–Trinajstić information content (AvgIpc) is 3.25. The van der Waals surface area contributed by atoms with Gasteiger partial charge in [-0.1, -0.05) is 48.5 Å². The molecule has 4 rings (SSSR count). The third-order valence-electron chi connectivity index (χ3n) is 5.57. The van der Waals surface area contributed by atoms with Crippen LogP contribution in [0.4, 0.5) is 10.5 Å². The van der Waals surface area contributed by atoms with E-state index < -0.39 is 12.1 Å². The van der Waals surface area contributed by atoms with Crippen molar-refractivity contribution in [2.75, 3.05) is 11.9 Å². The molecule has 3 N–H and O–H groups in total. The molecule has 1 unspecified atom stereocenters. The molecule has 0 aromatic heterocycles. The van der Waals surface area contributed by atoms with Gasteiger partial charge in [-0.25, -0.2) is 4.79 Å². The van der Waals surface area contributed by atoms with Crippen molar-refractivity contribution in [2.45, 2.75) is 31.7 Å². The number of anilines is 1. The first-order valence-corrected chi connectivity index (χ1v) is 10.4. The molecule has 31 heavy (non-hydrogen) atoms. The van der Waals surface area contributed by atoms with Crippen molar-refractivity contribution >= 4 is 28.4 Å². The lowest BCUT2D eigenvalue weighted by Crippen LogP contribution is -2.49. The van der Waals surface area contributed by atoms with Gasteiger partial charge in [0.15, 0.2) is 0 Å². The van der Waals surface area contributed by atoms with Gasteiger partial charge in [0.2, 0.25) is 5.91 Å². The number of rotatable bonds is 6. The van der Waals surface area contributed by atoms with Crippen LogP contribution in [0.1, 0.15) is 23.1 Å². The number of benzene rings is 3. The molecule has 1 aliphatic rings. The Bertz CT molecular complexity index is 1170. The van der Waals surface area contributed by atoms with Crippen LogP contribution in [0.2, 0.25) is 0 Å². The van der Waals surface area contributed by atoms with Crippen molar-refractivity contribution in [2.24, 2.45) is 0 Å². The van der Waals surface area contributed by atoms with E-state index in [0.717, 1.165) is 35.6 Å². The number of nitriles is 1. The zero-order valence-electron chi connectivity index (χ0n) is 17.2. The minimum Gasteiger partial charge on any atom is -0.341 e. The van der Waals surface area contributed by atoms with E-state index in [1.807, 2.05) is 66.7 Å². The highest BCUT2D eigenvalue weighted by Crippen LogP contribution is 2.25. The number of hydrogen-bond donors (Lipinski definition) is 3. The predicted molar refractivity (Wildman–Crippen MR) is 121 cm³/mol. The summed E-state index contributed by atoms with van der Waals surface area (Å²) in [5, 5.41) is 19.1. The fourth-order valence-corrected chi connectivity index (χ4v) is 4.04. The van der Waals surface area contributed by atoms with Crippen molar-refractivity contribution in [3.05, 3.63) is 77.4 Å². The van der Waals surface area contributed by atoms with E-state index in [9.17, 15) is 9.59 Å². The van der Waals surface area contributed by atoms with Gasteiger partial charge in [-0.05, 0) is 58.9 Å². The first-order valence-electron chi connectivity index (χ1n) is 10.4. The van der Waals surface area contributed by atoms with Gasteiger partial charge in [-0.3, -0.25) is 4.79 Å². The highest BCUT2D eigenvalue weighted by molar-refractivity contribution is 5.94. The van der Waals surface area contributed by atoms with Crippen LogP contribution >= 0.6 is 0 Å². The molecule has 156 valence electrons. The maximum Gasteiger partial charge on any atom is 0.319 e. The number of hydrogen-bond acceptors (Lipinski definition) is 3. The SMILES string of the molecule is N#CCNC(=O)C(Cc1ccc2ccccc2c1)NC(=O)Nc1ccc2c(c1)CCC2. The van der Waals surface area contributed by atoms with Gasteiger partial charge in [-0.15, -0.1) is 0 Å². The molecule has 0 spiro atoms. The molecule has 6 nitrogen and oxygen atoms in total. The third kappa shape index (κ3) is 5.01. The number of fused-ring (bicyclic) bond motifs is 2. The summed E-state index contributed by atoms with van der Waals surface area (Å²) < 4.78 is 0. The number of amides is 3. The second-order valence-electron chi connectivity index (χ2n) is 7.75. The molecule has 1 aliphatic carbocycles. The van der Waals surface area contributed by atoms with Crippen LogP contribution in [0.25, 0.3) is 10.8 Å². The van der Waals surface area contributed by atoms with Crippen LogP contribution in [0.15, 0.2) is 60.7 Å². The van der Waals surface area contributed by atoms with Gasteiger partial charge in [-0.2, -0.15) is 5.26 Å². The molecule has 0 fully saturated rings. The molecular formula is C25H24N4O2. The van der Waals surface area contributed by atoms with Crippen LogP contribution in [-0.2, 0) is 24.1 Å². The van der Waals surface area contributed by atoms with E-state index in [-0.39, 0.29) is 12.5 Å². The first-order chi connectivity index (χ1) is 15.1. The molecule has 0 saturated carbocycles. The fourth-order valence-electron chi connectivity index (χ4n) is 4.04. The molecule has 0 heterocycles. The first kappa shape index (κ1) is 20.4. The standard InChI is InChI=1S/C25H24N4O2/c26-12-13-27-24(30)23(15-17-8-9-18-4-1-2-5-20(18)14-17)29-25(31)28-22-11-10-19-6-3-7-21(19)16-22/h1-2,4-5,8-11,14,16,23H,3,6-7,13,15H2,(H,27,30)(H2,28,29,31). The molecular weight excluding hydrogens is 388 g/mol. The lowest BCUT2D eigenvalue weighted by molar-refractivity contribution is -0.122. The van der Waals surface area contributed by atoms with E-state index >= 15 is 0 Å². The molecule has 0 saturated heterocycles. The smallest absolute Gasteiger partial charge is 0.319 e. The summed E-state index contributed by atoms with van der Waals surface area (Å²) in [6.45, 7) is -0.110. The number of nitrogens with zero attached hydrogens (tertiary/aromatic N) is 1. The minimum absolute atomic E-state index is 0.110. The van der Waals surface area contributed by atoms with Crippen LogP contribution in [0.3, 0.4) is 0 Å². The second kappa shape index (κ2) is 9.31. The summed E-state index contributed by atoms with van der Waals surface area (Å²) >= 11 is 0. The Morgan fingerprint density at radius 2 is 1.77 bits per heavy atom. The summed E-state index contributed by atoms with van der Waals surface area (Å²) in [6.07, 6.45) is 3.56. The van der Waals surface area contributed by atoms with Gasteiger partial charge in [0, 0.05) is 12.1 Å². The lowest BCUT2D eigenvalue weighted by atomic mass is 10.0. The van der Waals surface area contributed by atoms with Gasteiger partial charge in [0.05, 0.1) is 6.07 Å². The maximum atomic E-state index is 12.6. The molecule has 3 aromatic rings. The Hall–Kier alpha value is -3.85. The number of carbonyl (C=O) groups excluding carboxylic acids is 2. The summed E-state index contributed by atoms with van der Waals surface area (Å²) in [7, 11) is 0. The van der Waals surface area contributed by atoms with Crippen LogP contribution < -0.4 is 16.0 Å². The Morgan fingerprint density at radius 1 is 0.968 bits per heavy atom. The molecule has 1 atom stereocenters. The van der Waals surface area contributed by atoms with E-state index in [1.54, 1.807) is 0 Å². The molecule has 0 bridgehead atoms. The normalized spacial score (nSPS) is 13.1. The van der Waals surface area contributed by atoms with Gasteiger partial charge >= 0.3 is 6.03 Å². The number of carbonyl (C=O) groups is 2. The van der Waals surface area contributed by atoms with Crippen molar-refractivity contribution in [1.82, 2.24) is 10.6 Å². The van der Waals surface area contributed by atoms with E-state index in [4.69, 9.17) is 5.26 Å². The highest BCUT2D eigenvalue weighted by atomic mass is 16.2. The predicted octanol–water partition coefficient (Wildman–Crippen LogP) is 3.70. The average molecular weight is 412 g/mol. The minimum atomic E-state index is -0.802. The molecule has 0 aliphatic heterocycles. The molecule has 3 aromatic carbocycles. The summed E-state index contributed by atoms with van der Waals surface area (Å²) in [6, 6.07) is 20.5. The van der Waals surface area contributed by atoms with Crippen molar-refractivity contribution in [3.8, 4) is 6.07 Å². The topological polar surface area (TPSA) is 94.0 Å². The Labute approximate surface area is 181 Å². The highest BCUT2D eigenvalue weighted by Gasteiger charge is 2.21. The van der Waals surface area contributed by atoms with Crippen molar-refractivity contribution in [1.29, 1.82) is 5.26 Å². The summed E-state index contributed by atoms with van der Waals surface area (Å²) in [5.41, 5.74) is 4.22. The van der Waals surface area contributed by atoms with Gasteiger partial charge in [0.1, 0.15) is 12.6 Å². The maximum absolute atomic E-state index is 12.6. The lowest BCUT2D eigenvalue weighted by Gasteiger charge is -2.19. The summed E-state index contributed by atoms with van der Waals surface area (Å²) in [5.74, 6) is -0.390. The monoisotopic (exact) mass is 412 g/mol. The van der Waals surface area contributed by atoms with Crippen molar-refractivity contribution < 1.29 is 9.59 Å². The number of nitrogens with one attached hydrogen (secondary N) is 3. The number of aryl methyl sites for hydroxylation is 2. The Kier molecular flexibility index (Phi) is 6.13.